The Bertz CT molecular complexity index is 891. The van der Waals surface area contributed by atoms with Gasteiger partial charge >= 0.3 is 0 Å². The van der Waals surface area contributed by atoms with Crippen molar-refractivity contribution in [1.82, 2.24) is 5.32 Å². The number of aromatic nitrogens is 1. The van der Waals surface area contributed by atoms with Crippen LogP contribution in [-0.4, -0.2) is 35.1 Å². The minimum Gasteiger partial charge on any atom is -1.00 e. The van der Waals surface area contributed by atoms with E-state index in [1.165, 1.54) is 0 Å². The van der Waals surface area contributed by atoms with E-state index in [9.17, 15) is 14.7 Å². The number of pyridine rings is 1. The lowest BCUT2D eigenvalue weighted by Gasteiger charge is -2.27. The van der Waals surface area contributed by atoms with Crippen LogP contribution < -0.4 is 26.9 Å². The topological polar surface area (TPSA) is 90.5 Å². The molecular formula is C24H33BrN2O4. The van der Waals surface area contributed by atoms with Crippen LogP contribution in [0.15, 0.2) is 36.7 Å². The Morgan fingerprint density at radius 2 is 1.42 bits per heavy atom. The highest BCUT2D eigenvalue weighted by molar-refractivity contribution is 5.96. The largest absolute Gasteiger partial charge is 1.00 e. The fraction of sp³-hybridized carbons (Fsp3) is 0.458. The average molecular weight is 493 g/mol. The quantitative estimate of drug-likeness (QED) is 0.387. The van der Waals surface area contributed by atoms with E-state index in [1.54, 1.807) is 41.2 Å². The molecule has 0 fully saturated rings. The van der Waals surface area contributed by atoms with Crippen molar-refractivity contribution in [2.24, 2.45) is 0 Å². The fourth-order valence-corrected chi connectivity index (χ4v) is 3.18. The summed E-state index contributed by atoms with van der Waals surface area (Å²) in [6.45, 7) is 12.3. The molecule has 2 aromatic rings. The van der Waals surface area contributed by atoms with Gasteiger partial charge in [0.15, 0.2) is 12.4 Å². The number of hydrogen-bond acceptors (Lipinski definition) is 4. The predicted molar refractivity (Wildman–Crippen MR) is 116 cm³/mol. The molecule has 1 amide bonds. The summed E-state index contributed by atoms with van der Waals surface area (Å²) in [5, 5.41) is 22.2. The van der Waals surface area contributed by atoms with Gasteiger partial charge < -0.3 is 32.5 Å². The molecule has 0 unspecified atom stereocenters. The first-order valence-electron chi connectivity index (χ1n) is 10.1. The van der Waals surface area contributed by atoms with E-state index in [-0.39, 0.29) is 64.9 Å². The molecule has 6 nitrogen and oxygen atoms in total. The maximum absolute atomic E-state index is 13.0. The number of ketones is 1. The third-order valence-corrected chi connectivity index (χ3v) is 4.92. The standard InChI is InChI=1S/C24H32N2O4.BrH/c1-23(2,3)18-13-17(14-19(21(18)29)24(4,5)6)20(28)15-26-10-7-16(8-11-26)22(30)25-9-12-27;/h7-8,10-11,13-14,27H,9,12,15H2,1-6H3,(H-,25,28,29,30);1H. The molecule has 0 saturated heterocycles. The second kappa shape index (κ2) is 10.4. The van der Waals surface area contributed by atoms with Crippen LogP contribution in [0.3, 0.4) is 0 Å². The molecule has 0 atom stereocenters. The van der Waals surface area contributed by atoms with Gasteiger partial charge in [0.05, 0.1) is 12.2 Å². The first kappa shape index (κ1) is 26.8. The highest BCUT2D eigenvalue weighted by atomic mass is 79.9. The van der Waals surface area contributed by atoms with E-state index >= 15 is 0 Å². The Balaban J connectivity index is 0.00000480. The second-order valence-corrected chi connectivity index (χ2v) is 9.58. The van der Waals surface area contributed by atoms with Gasteiger partial charge in [-0.25, -0.2) is 0 Å². The SMILES string of the molecule is CC(C)(C)c1cc(C(=O)C[n+]2ccc(C(=O)NCCO)cc2)cc(C(C)(C)C)c1O.[Br-]. The van der Waals surface area contributed by atoms with Gasteiger partial charge in [0, 0.05) is 35.4 Å². The van der Waals surface area contributed by atoms with Crippen LogP contribution in [0.5, 0.6) is 5.75 Å². The number of rotatable bonds is 6. The molecule has 0 aliphatic heterocycles. The monoisotopic (exact) mass is 492 g/mol. The summed E-state index contributed by atoms with van der Waals surface area (Å²) in [6, 6.07) is 6.84. The number of halogens is 1. The Morgan fingerprint density at radius 1 is 0.935 bits per heavy atom. The van der Waals surface area contributed by atoms with Gasteiger partial charge in [-0.05, 0) is 23.0 Å². The maximum Gasteiger partial charge on any atom is 0.251 e. The number of nitrogens with zero attached hydrogens (tertiary/aromatic N) is 1. The molecule has 170 valence electrons. The Labute approximate surface area is 195 Å². The number of Topliss-reactive ketones (excluding diaryl/α,β-unsaturated/α-hetero) is 1. The highest BCUT2D eigenvalue weighted by Gasteiger charge is 2.28. The molecular weight excluding hydrogens is 460 g/mol. The van der Waals surface area contributed by atoms with Crippen LogP contribution in [0.4, 0.5) is 0 Å². The number of phenolic OH excluding ortho intramolecular Hbond substituents is 1. The number of carbonyl (C=O) groups excluding carboxylic acids is 2. The predicted octanol–water partition coefficient (Wildman–Crippen LogP) is -0.116. The van der Waals surface area contributed by atoms with E-state index < -0.39 is 0 Å². The normalized spacial score (nSPS) is 11.6. The zero-order chi connectivity index (χ0) is 22.7. The van der Waals surface area contributed by atoms with Crippen LogP contribution >= 0.6 is 0 Å². The fourth-order valence-electron chi connectivity index (χ4n) is 3.18. The lowest BCUT2D eigenvalue weighted by Crippen LogP contribution is -3.00. The van der Waals surface area contributed by atoms with Crippen LogP contribution in [0, 0.1) is 0 Å². The molecule has 31 heavy (non-hydrogen) atoms. The third kappa shape index (κ3) is 6.87. The minimum absolute atomic E-state index is 0. The van der Waals surface area contributed by atoms with Gasteiger partial charge in [-0.15, -0.1) is 0 Å². The Kier molecular flexibility index (Phi) is 8.96. The molecule has 0 radical (unpaired) electrons. The summed E-state index contributed by atoms with van der Waals surface area (Å²) in [4.78, 5) is 25.0. The molecule has 0 aliphatic rings. The Hall–Kier alpha value is -2.25. The van der Waals surface area contributed by atoms with E-state index in [0.717, 1.165) is 11.1 Å². The van der Waals surface area contributed by atoms with Crippen molar-refractivity contribution < 1.29 is 41.4 Å². The number of phenols is 1. The summed E-state index contributed by atoms with van der Waals surface area (Å²) in [5.74, 6) is -0.100. The molecule has 0 bridgehead atoms. The lowest BCUT2D eigenvalue weighted by atomic mass is 9.78. The van der Waals surface area contributed by atoms with Crippen molar-refractivity contribution in [3.8, 4) is 5.75 Å². The molecule has 2 rings (SSSR count). The number of benzene rings is 1. The molecule has 0 saturated carbocycles. The minimum atomic E-state index is -0.308. The molecule has 7 heteroatoms. The van der Waals surface area contributed by atoms with Crippen molar-refractivity contribution in [2.45, 2.75) is 58.9 Å². The van der Waals surface area contributed by atoms with Crippen LogP contribution in [0.2, 0.25) is 0 Å². The molecule has 1 aromatic heterocycles. The van der Waals surface area contributed by atoms with Crippen molar-refractivity contribution in [1.29, 1.82) is 0 Å². The van der Waals surface area contributed by atoms with Gasteiger partial charge in [0.1, 0.15) is 5.75 Å². The average Bonchev–Trinajstić information content (AvgIpc) is 2.64. The summed E-state index contributed by atoms with van der Waals surface area (Å²) in [7, 11) is 0. The van der Waals surface area contributed by atoms with Gasteiger partial charge in [-0.2, -0.15) is 4.57 Å². The van der Waals surface area contributed by atoms with Crippen molar-refractivity contribution in [2.75, 3.05) is 13.2 Å². The number of carbonyl (C=O) groups is 2. The summed E-state index contributed by atoms with van der Waals surface area (Å²) in [5.41, 5.74) is 1.90. The zero-order valence-electron chi connectivity index (χ0n) is 19.1. The van der Waals surface area contributed by atoms with E-state index in [1.807, 2.05) is 41.5 Å². The number of aromatic hydroxyl groups is 1. The van der Waals surface area contributed by atoms with Crippen molar-refractivity contribution >= 4 is 11.7 Å². The molecule has 0 aliphatic carbocycles. The van der Waals surface area contributed by atoms with Crippen molar-refractivity contribution in [3.63, 3.8) is 0 Å². The van der Waals surface area contributed by atoms with Gasteiger partial charge in [-0.1, -0.05) is 41.5 Å². The number of amides is 1. The Morgan fingerprint density at radius 3 is 1.84 bits per heavy atom. The van der Waals surface area contributed by atoms with E-state index in [4.69, 9.17) is 5.11 Å². The molecule has 1 aromatic carbocycles. The van der Waals surface area contributed by atoms with Crippen LogP contribution in [0.1, 0.15) is 73.4 Å². The molecule has 1 heterocycles. The molecule has 0 spiro atoms. The lowest BCUT2D eigenvalue weighted by molar-refractivity contribution is -0.683. The summed E-state index contributed by atoms with van der Waals surface area (Å²) < 4.78 is 1.71. The highest BCUT2D eigenvalue weighted by Crippen LogP contribution is 2.39. The zero-order valence-corrected chi connectivity index (χ0v) is 20.7. The van der Waals surface area contributed by atoms with Gasteiger partial charge in [0.25, 0.3) is 5.91 Å². The van der Waals surface area contributed by atoms with Crippen LogP contribution in [-0.2, 0) is 17.4 Å². The summed E-state index contributed by atoms with van der Waals surface area (Å²) in [6.07, 6.45) is 3.36. The number of aliphatic hydroxyl groups is 1. The smallest absolute Gasteiger partial charge is 0.251 e. The third-order valence-electron chi connectivity index (χ3n) is 4.92. The number of hydrogen-bond donors (Lipinski definition) is 3. The maximum atomic E-state index is 13.0. The van der Waals surface area contributed by atoms with Gasteiger partial charge in [-0.3, -0.25) is 9.59 Å². The van der Waals surface area contributed by atoms with Gasteiger partial charge in [0.2, 0.25) is 12.3 Å². The summed E-state index contributed by atoms with van der Waals surface area (Å²) >= 11 is 0. The second-order valence-electron chi connectivity index (χ2n) is 9.58. The molecule has 3 N–H and O–H groups in total. The van der Waals surface area contributed by atoms with E-state index in [0.29, 0.717) is 11.1 Å². The first-order chi connectivity index (χ1) is 13.8. The van der Waals surface area contributed by atoms with Crippen molar-refractivity contribution in [3.05, 3.63) is 58.9 Å². The number of nitrogens with one attached hydrogen (secondary N) is 1. The van der Waals surface area contributed by atoms with Crippen LogP contribution in [0.25, 0.3) is 0 Å². The number of aliphatic hydroxyl groups excluding tert-OH is 1. The van der Waals surface area contributed by atoms with E-state index in [2.05, 4.69) is 5.32 Å². The first-order valence-corrected chi connectivity index (χ1v) is 10.1.